The molecule has 0 aliphatic heterocycles. The van der Waals surface area contributed by atoms with Crippen molar-refractivity contribution in [2.45, 2.75) is 0 Å². The molecule has 6 aromatic carbocycles. The molecule has 0 atom stereocenters. The SMILES string of the molecule is COc1ccc(OC)c(-c2cccc3cccc(-c4ccc(-c5cccc6cccc(I)c56)cc4)c23)c1. The fraction of sp³-hybridized carbons (Fsp3) is 0.0588. The topological polar surface area (TPSA) is 18.5 Å². The van der Waals surface area contributed by atoms with Gasteiger partial charge in [-0.05, 0) is 90.8 Å². The number of halogens is 1. The maximum absolute atomic E-state index is 5.75. The number of ether oxygens (including phenoxy) is 2. The molecule has 0 aliphatic rings. The van der Waals surface area contributed by atoms with Gasteiger partial charge in [-0.3, -0.25) is 0 Å². The molecule has 0 aliphatic carbocycles. The lowest BCUT2D eigenvalue weighted by Crippen LogP contribution is -1.92. The van der Waals surface area contributed by atoms with E-state index in [0.29, 0.717) is 0 Å². The van der Waals surface area contributed by atoms with E-state index < -0.39 is 0 Å². The molecule has 37 heavy (non-hydrogen) atoms. The Labute approximate surface area is 230 Å². The molecule has 180 valence electrons. The van der Waals surface area contributed by atoms with Crippen LogP contribution in [-0.2, 0) is 0 Å². The molecule has 0 saturated heterocycles. The Morgan fingerprint density at radius 3 is 1.62 bits per heavy atom. The number of benzene rings is 6. The molecule has 0 amide bonds. The highest BCUT2D eigenvalue weighted by molar-refractivity contribution is 14.1. The van der Waals surface area contributed by atoms with E-state index >= 15 is 0 Å². The lowest BCUT2D eigenvalue weighted by molar-refractivity contribution is 0.404. The van der Waals surface area contributed by atoms with Crippen LogP contribution >= 0.6 is 22.6 Å². The lowest BCUT2D eigenvalue weighted by atomic mass is 9.90. The van der Waals surface area contributed by atoms with Gasteiger partial charge in [0.1, 0.15) is 11.5 Å². The summed E-state index contributed by atoms with van der Waals surface area (Å²) in [5, 5.41) is 4.95. The summed E-state index contributed by atoms with van der Waals surface area (Å²) in [5.41, 5.74) is 6.98. The van der Waals surface area contributed by atoms with Crippen molar-refractivity contribution in [3.8, 4) is 44.9 Å². The first kappa shape index (κ1) is 23.6. The molecule has 2 nitrogen and oxygen atoms in total. The zero-order chi connectivity index (χ0) is 25.4. The Hall–Kier alpha value is -3.83. The quantitative estimate of drug-likeness (QED) is 0.186. The van der Waals surface area contributed by atoms with E-state index in [0.717, 1.165) is 22.6 Å². The van der Waals surface area contributed by atoms with Crippen molar-refractivity contribution in [1.29, 1.82) is 0 Å². The first-order chi connectivity index (χ1) is 18.2. The minimum atomic E-state index is 0.805. The summed E-state index contributed by atoms with van der Waals surface area (Å²) in [6, 6.07) is 40.8. The Morgan fingerprint density at radius 2 is 1.03 bits per heavy atom. The van der Waals surface area contributed by atoms with Crippen LogP contribution in [0.2, 0.25) is 0 Å². The summed E-state index contributed by atoms with van der Waals surface area (Å²) in [6.45, 7) is 0. The highest BCUT2D eigenvalue weighted by Gasteiger charge is 2.15. The van der Waals surface area contributed by atoms with Gasteiger partial charge < -0.3 is 9.47 Å². The van der Waals surface area contributed by atoms with Crippen molar-refractivity contribution in [1.82, 2.24) is 0 Å². The molecule has 0 fully saturated rings. The van der Waals surface area contributed by atoms with Crippen LogP contribution in [0.15, 0.2) is 115 Å². The van der Waals surface area contributed by atoms with E-state index in [9.17, 15) is 0 Å². The van der Waals surface area contributed by atoms with Crippen molar-refractivity contribution in [3.05, 3.63) is 119 Å². The predicted octanol–water partition coefficient (Wildman–Crippen LogP) is 9.62. The normalized spacial score (nSPS) is 11.1. The minimum Gasteiger partial charge on any atom is -0.497 e. The van der Waals surface area contributed by atoms with Crippen LogP contribution in [0.1, 0.15) is 0 Å². The number of hydrogen-bond acceptors (Lipinski definition) is 2. The van der Waals surface area contributed by atoms with Crippen LogP contribution in [0.25, 0.3) is 54.9 Å². The van der Waals surface area contributed by atoms with E-state index in [1.807, 2.05) is 12.1 Å². The zero-order valence-corrected chi connectivity index (χ0v) is 22.8. The smallest absolute Gasteiger partial charge is 0.126 e. The molecule has 0 bridgehead atoms. The minimum absolute atomic E-state index is 0.805. The second kappa shape index (κ2) is 9.91. The van der Waals surface area contributed by atoms with Crippen LogP contribution < -0.4 is 9.47 Å². The third kappa shape index (κ3) is 4.23. The van der Waals surface area contributed by atoms with Gasteiger partial charge in [-0.25, -0.2) is 0 Å². The van der Waals surface area contributed by atoms with Gasteiger partial charge in [-0.2, -0.15) is 0 Å². The summed E-state index contributed by atoms with van der Waals surface area (Å²) in [6.07, 6.45) is 0. The van der Waals surface area contributed by atoms with Gasteiger partial charge in [0.05, 0.1) is 14.2 Å². The van der Waals surface area contributed by atoms with Crippen LogP contribution in [0.5, 0.6) is 11.5 Å². The Balaban J connectivity index is 1.52. The first-order valence-corrected chi connectivity index (χ1v) is 13.3. The number of fused-ring (bicyclic) bond motifs is 2. The molecule has 3 heteroatoms. The average molecular weight is 592 g/mol. The molecule has 0 aromatic heterocycles. The van der Waals surface area contributed by atoms with Crippen LogP contribution in [0, 0.1) is 3.57 Å². The summed E-state index contributed by atoms with van der Waals surface area (Å²) in [5.74, 6) is 1.63. The molecule has 6 aromatic rings. The Morgan fingerprint density at radius 1 is 0.486 bits per heavy atom. The van der Waals surface area contributed by atoms with Gasteiger partial charge in [0.25, 0.3) is 0 Å². The van der Waals surface area contributed by atoms with Crippen LogP contribution in [-0.4, -0.2) is 14.2 Å². The second-order valence-corrected chi connectivity index (χ2v) is 10.2. The van der Waals surface area contributed by atoms with Crippen LogP contribution in [0.4, 0.5) is 0 Å². The largest absolute Gasteiger partial charge is 0.497 e. The van der Waals surface area contributed by atoms with Crippen molar-refractivity contribution in [3.63, 3.8) is 0 Å². The Kier molecular flexibility index (Phi) is 6.31. The van der Waals surface area contributed by atoms with Crippen molar-refractivity contribution >= 4 is 44.1 Å². The van der Waals surface area contributed by atoms with Gasteiger partial charge in [-0.15, -0.1) is 0 Å². The highest BCUT2D eigenvalue weighted by Crippen LogP contribution is 2.42. The van der Waals surface area contributed by atoms with E-state index in [1.165, 1.54) is 47.4 Å². The molecule has 0 spiro atoms. The third-order valence-electron chi connectivity index (χ3n) is 6.96. The average Bonchev–Trinajstić information content (AvgIpc) is 2.96. The van der Waals surface area contributed by atoms with E-state index in [-0.39, 0.29) is 0 Å². The monoisotopic (exact) mass is 592 g/mol. The fourth-order valence-corrected chi connectivity index (χ4v) is 6.01. The first-order valence-electron chi connectivity index (χ1n) is 12.2. The third-order valence-corrected chi connectivity index (χ3v) is 7.86. The molecule has 0 N–H and O–H groups in total. The number of methoxy groups -OCH3 is 2. The van der Waals surface area contributed by atoms with Crippen LogP contribution in [0.3, 0.4) is 0 Å². The molecule has 0 heterocycles. The summed E-state index contributed by atoms with van der Waals surface area (Å²) in [4.78, 5) is 0. The highest BCUT2D eigenvalue weighted by atomic mass is 127. The summed E-state index contributed by atoms with van der Waals surface area (Å²) < 4.78 is 12.6. The van der Waals surface area contributed by atoms with Crippen molar-refractivity contribution in [2.24, 2.45) is 0 Å². The molecule has 0 unspecified atom stereocenters. The van der Waals surface area contributed by atoms with Gasteiger partial charge in [0.2, 0.25) is 0 Å². The maximum Gasteiger partial charge on any atom is 0.126 e. The van der Waals surface area contributed by atoms with E-state index in [2.05, 4.69) is 126 Å². The fourth-order valence-electron chi connectivity index (χ4n) is 5.20. The standard InChI is InChI=1S/C34H25IO2/c1-36-26-19-20-32(37-2)30(21-26)29-13-5-8-24-7-3-11-27(33(24)29)22-15-17-23(18-16-22)28-12-4-9-25-10-6-14-31(35)34(25)28/h3-21H,1-2H3. The number of hydrogen-bond donors (Lipinski definition) is 0. The number of rotatable bonds is 5. The molecule has 0 saturated carbocycles. The molecular formula is C34H25IO2. The van der Waals surface area contributed by atoms with Gasteiger partial charge in [0.15, 0.2) is 0 Å². The van der Waals surface area contributed by atoms with Gasteiger partial charge >= 0.3 is 0 Å². The summed E-state index contributed by atoms with van der Waals surface area (Å²) in [7, 11) is 3.41. The van der Waals surface area contributed by atoms with E-state index in [4.69, 9.17) is 9.47 Å². The van der Waals surface area contributed by atoms with Crippen molar-refractivity contribution < 1.29 is 9.47 Å². The zero-order valence-electron chi connectivity index (χ0n) is 20.7. The molecule has 6 rings (SSSR count). The lowest BCUT2D eigenvalue weighted by Gasteiger charge is -2.16. The second-order valence-electron chi connectivity index (χ2n) is 9.00. The predicted molar refractivity (Wildman–Crippen MR) is 164 cm³/mol. The molecule has 0 radical (unpaired) electrons. The van der Waals surface area contributed by atoms with E-state index in [1.54, 1.807) is 14.2 Å². The van der Waals surface area contributed by atoms with Gasteiger partial charge in [0, 0.05) is 14.5 Å². The maximum atomic E-state index is 5.75. The summed E-state index contributed by atoms with van der Waals surface area (Å²) >= 11 is 2.44. The van der Waals surface area contributed by atoms with Gasteiger partial charge in [-0.1, -0.05) is 91.0 Å². The van der Waals surface area contributed by atoms with Crippen molar-refractivity contribution in [2.75, 3.05) is 14.2 Å². The molecular weight excluding hydrogens is 567 g/mol. The Bertz CT molecular complexity index is 1740.